The smallest absolute Gasteiger partial charge is 0.0648 e. The Kier molecular flexibility index (Phi) is 4.21. The molecule has 1 aromatic carbocycles. The molecule has 2 aromatic rings. The van der Waals surface area contributed by atoms with Gasteiger partial charge in [0.25, 0.3) is 0 Å². The minimum Gasteiger partial charge on any atom is -0.341 e. The lowest BCUT2D eigenvalue weighted by atomic mass is 10.1. The van der Waals surface area contributed by atoms with Gasteiger partial charge in [-0.2, -0.15) is 0 Å². The van der Waals surface area contributed by atoms with Crippen LogP contribution in [0.15, 0.2) is 42.6 Å². The molecule has 0 radical (unpaired) electrons. The van der Waals surface area contributed by atoms with Crippen molar-refractivity contribution in [3.8, 4) is 0 Å². The van der Waals surface area contributed by atoms with Gasteiger partial charge in [0.05, 0.1) is 11.6 Å². The first-order valence-corrected chi connectivity index (χ1v) is 6.63. The van der Waals surface area contributed by atoms with Crippen molar-refractivity contribution in [1.29, 1.82) is 0 Å². The first-order valence-electron chi connectivity index (χ1n) is 6.10. The number of aryl methyl sites for hydroxylation is 1. The second-order valence-electron chi connectivity index (χ2n) is 4.17. The minimum absolute atomic E-state index is 0.444. The van der Waals surface area contributed by atoms with Gasteiger partial charge in [0.1, 0.15) is 0 Å². The second kappa shape index (κ2) is 5.87. The summed E-state index contributed by atoms with van der Waals surface area (Å²) in [6, 6.07) is 12.5. The van der Waals surface area contributed by atoms with E-state index < -0.39 is 0 Å². The van der Waals surface area contributed by atoms with Crippen LogP contribution < -0.4 is 4.90 Å². The molecule has 3 heteroatoms. The fourth-order valence-electron chi connectivity index (χ4n) is 2.06. The van der Waals surface area contributed by atoms with Gasteiger partial charge in [-0.15, -0.1) is 11.6 Å². The summed E-state index contributed by atoms with van der Waals surface area (Å²) < 4.78 is 0. The van der Waals surface area contributed by atoms with Gasteiger partial charge in [-0.25, -0.2) is 0 Å². The molecule has 1 heterocycles. The highest BCUT2D eigenvalue weighted by Crippen LogP contribution is 2.28. The largest absolute Gasteiger partial charge is 0.341 e. The molecule has 2 nitrogen and oxygen atoms in total. The fraction of sp³-hybridized carbons (Fsp3) is 0.267. The maximum Gasteiger partial charge on any atom is 0.0648 e. The average molecular weight is 261 g/mol. The zero-order valence-electron chi connectivity index (χ0n) is 10.7. The van der Waals surface area contributed by atoms with Crippen molar-refractivity contribution < 1.29 is 0 Å². The normalized spacial score (nSPS) is 10.4. The predicted octanol–water partition coefficient (Wildman–Crippen LogP) is 4.29. The van der Waals surface area contributed by atoms with Crippen LogP contribution in [0, 0.1) is 6.92 Å². The van der Waals surface area contributed by atoms with E-state index in [1.54, 1.807) is 0 Å². The van der Waals surface area contributed by atoms with Crippen LogP contribution in [-0.2, 0) is 5.88 Å². The van der Waals surface area contributed by atoms with Crippen LogP contribution in [0.3, 0.4) is 0 Å². The van der Waals surface area contributed by atoms with E-state index in [0.29, 0.717) is 5.88 Å². The SMILES string of the molecule is CCN(c1ccnc(CCl)c1)c1ccccc1C. The van der Waals surface area contributed by atoms with Crippen molar-refractivity contribution in [3.63, 3.8) is 0 Å². The second-order valence-corrected chi connectivity index (χ2v) is 4.44. The highest BCUT2D eigenvalue weighted by molar-refractivity contribution is 6.16. The van der Waals surface area contributed by atoms with Gasteiger partial charge in [-0.05, 0) is 37.6 Å². The van der Waals surface area contributed by atoms with E-state index in [2.05, 4.69) is 48.0 Å². The number of benzene rings is 1. The number of hydrogen-bond donors (Lipinski definition) is 0. The molecule has 0 aliphatic carbocycles. The van der Waals surface area contributed by atoms with Crippen LogP contribution in [0.5, 0.6) is 0 Å². The monoisotopic (exact) mass is 260 g/mol. The lowest BCUT2D eigenvalue weighted by Crippen LogP contribution is -2.17. The first kappa shape index (κ1) is 12.9. The van der Waals surface area contributed by atoms with E-state index in [1.165, 1.54) is 11.3 Å². The van der Waals surface area contributed by atoms with Crippen LogP contribution in [0.4, 0.5) is 11.4 Å². The van der Waals surface area contributed by atoms with Crippen LogP contribution in [0.1, 0.15) is 18.2 Å². The van der Waals surface area contributed by atoms with Crippen molar-refractivity contribution >= 4 is 23.0 Å². The van der Waals surface area contributed by atoms with Crippen LogP contribution in [-0.4, -0.2) is 11.5 Å². The van der Waals surface area contributed by atoms with E-state index in [-0.39, 0.29) is 0 Å². The number of para-hydroxylation sites is 1. The molecule has 1 aromatic heterocycles. The third kappa shape index (κ3) is 2.65. The molecule has 0 atom stereocenters. The van der Waals surface area contributed by atoms with Gasteiger partial charge < -0.3 is 4.90 Å². The summed E-state index contributed by atoms with van der Waals surface area (Å²) in [5.41, 5.74) is 4.54. The zero-order chi connectivity index (χ0) is 13.0. The van der Waals surface area contributed by atoms with Crippen molar-refractivity contribution in [2.75, 3.05) is 11.4 Å². The van der Waals surface area contributed by atoms with Crippen molar-refractivity contribution in [3.05, 3.63) is 53.9 Å². The number of nitrogens with zero attached hydrogens (tertiary/aromatic N) is 2. The van der Waals surface area contributed by atoms with E-state index in [9.17, 15) is 0 Å². The number of alkyl halides is 1. The Morgan fingerprint density at radius 2 is 2.00 bits per heavy atom. The standard InChI is InChI=1S/C15H17ClN2/c1-3-18(15-7-5-4-6-12(15)2)14-8-9-17-13(10-14)11-16/h4-10H,3,11H2,1-2H3. The van der Waals surface area contributed by atoms with Crippen molar-refractivity contribution in [2.24, 2.45) is 0 Å². The molecule has 2 rings (SSSR count). The Labute approximate surface area is 113 Å². The molecule has 0 N–H and O–H groups in total. The molecule has 0 saturated carbocycles. The summed E-state index contributed by atoms with van der Waals surface area (Å²) in [7, 11) is 0. The number of aromatic nitrogens is 1. The van der Waals surface area contributed by atoms with Gasteiger partial charge in [0.2, 0.25) is 0 Å². The van der Waals surface area contributed by atoms with Crippen molar-refractivity contribution in [1.82, 2.24) is 4.98 Å². The van der Waals surface area contributed by atoms with Crippen LogP contribution in [0.2, 0.25) is 0 Å². The average Bonchev–Trinajstić information content (AvgIpc) is 2.42. The maximum absolute atomic E-state index is 5.84. The Balaban J connectivity index is 2.42. The van der Waals surface area contributed by atoms with Gasteiger partial charge in [-0.1, -0.05) is 18.2 Å². The highest BCUT2D eigenvalue weighted by Gasteiger charge is 2.09. The van der Waals surface area contributed by atoms with Crippen LogP contribution in [0.25, 0.3) is 0 Å². The van der Waals surface area contributed by atoms with Gasteiger partial charge in [0.15, 0.2) is 0 Å². The molecule has 0 saturated heterocycles. The number of anilines is 2. The molecule has 0 amide bonds. The van der Waals surface area contributed by atoms with E-state index in [1.807, 2.05) is 18.3 Å². The Morgan fingerprint density at radius 3 is 2.67 bits per heavy atom. The summed E-state index contributed by atoms with van der Waals surface area (Å²) in [5, 5.41) is 0. The van der Waals surface area contributed by atoms with Crippen molar-refractivity contribution in [2.45, 2.75) is 19.7 Å². The first-order chi connectivity index (χ1) is 8.76. The quantitative estimate of drug-likeness (QED) is 0.763. The van der Waals surface area contributed by atoms with Gasteiger partial charge in [0, 0.05) is 24.1 Å². The van der Waals surface area contributed by atoms with Gasteiger partial charge in [-0.3, -0.25) is 4.98 Å². The summed E-state index contributed by atoms with van der Waals surface area (Å²) in [4.78, 5) is 6.50. The molecule has 0 unspecified atom stereocenters. The zero-order valence-corrected chi connectivity index (χ0v) is 11.5. The topological polar surface area (TPSA) is 16.1 Å². The molecular formula is C15H17ClN2. The molecular weight excluding hydrogens is 244 g/mol. The highest BCUT2D eigenvalue weighted by atomic mass is 35.5. The predicted molar refractivity (Wildman–Crippen MR) is 77.7 cm³/mol. The number of hydrogen-bond acceptors (Lipinski definition) is 2. The van der Waals surface area contributed by atoms with E-state index in [4.69, 9.17) is 11.6 Å². The Morgan fingerprint density at radius 1 is 1.22 bits per heavy atom. The minimum atomic E-state index is 0.444. The maximum atomic E-state index is 5.84. The summed E-state index contributed by atoms with van der Waals surface area (Å²) in [5.74, 6) is 0.444. The third-order valence-corrected chi connectivity index (χ3v) is 3.25. The summed E-state index contributed by atoms with van der Waals surface area (Å²) >= 11 is 5.84. The lowest BCUT2D eigenvalue weighted by Gasteiger charge is -2.25. The molecule has 18 heavy (non-hydrogen) atoms. The lowest BCUT2D eigenvalue weighted by molar-refractivity contribution is 1.00. The molecule has 0 bridgehead atoms. The van der Waals surface area contributed by atoms with E-state index >= 15 is 0 Å². The van der Waals surface area contributed by atoms with Gasteiger partial charge >= 0.3 is 0 Å². The van der Waals surface area contributed by atoms with Crippen LogP contribution >= 0.6 is 11.6 Å². The molecule has 0 spiro atoms. The number of rotatable bonds is 4. The molecule has 0 fully saturated rings. The Hall–Kier alpha value is -1.54. The Bertz CT molecular complexity index is 525. The summed E-state index contributed by atoms with van der Waals surface area (Å²) in [6.45, 7) is 5.19. The van der Waals surface area contributed by atoms with E-state index in [0.717, 1.165) is 17.9 Å². The number of pyridine rings is 1. The summed E-state index contributed by atoms with van der Waals surface area (Å²) in [6.07, 6.45) is 1.81. The molecule has 0 aliphatic rings. The molecule has 94 valence electrons. The molecule has 0 aliphatic heterocycles. The fourth-order valence-corrected chi connectivity index (χ4v) is 2.21. The third-order valence-electron chi connectivity index (χ3n) is 2.97. The number of halogens is 1.